The SMILES string of the molecule is Cc1ccc(NC(=O)c2cnc3c(c(C)nn3Cc3cc(C)cc(C)n3)c2Cl)cc1. The van der Waals surface area contributed by atoms with Crippen molar-refractivity contribution < 1.29 is 4.79 Å². The summed E-state index contributed by atoms with van der Waals surface area (Å²) in [6.45, 7) is 8.35. The molecule has 4 rings (SSSR count). The predicted octanol–water partition coefficient (Wildman–Crippen LogP) is 5.01. The van der Waals surface area contributed by atoms with Gasteiger partial charge in [-0.2, -0.15) is 5.10 Å². The summed E-state index contributed by atoms with van der Waals surface area (Å²) in [4.78, 5) is 21.9. The first-order valence-electron chi connectivity index (χ1n) is 9.65. The maximum atomic E-state index is 12.8. The number of pyridine rings is 2. The van der Waals surface area contributed by atoms with E-state index in [1.807, 2.05) is 64.1 Å². The van der Waals surface area contributed by atoms with E-state index in [0.717, 1.165) is 28.2 Å². The molecule has 0 fully saturated rings. The van der Waals surface area contributed by atoms with Crippen molar-refractivity contribution in [1.82, 2.24) is 19.7 Å². The zero-order valence-corrected chi connectivity index (χ0v) is 18.1. The van der Waals surface area contributed by atoms with Crippen LogP contribution in [0.1, 0.15) is 38.6 Å². The summed E-state index contributed by atoms with van der Waals surface area (Å²) in [6, 6.07) is 11.6. The lowest BCUT2D eigenvalue weighted by molar-refractivity contribution is 0.102. The first kappa shape index (κ1) is 20.0. The van der Waals surface area contributed by atoms with Crippen LogP contribution in [0.2, 0.25) is 5.02 Å². The van der Waals surface area contributed by atoms with E-state index in [1.165, 1.54) is 6.20 Å². The number of hydrogen-bond donors (Lipinski definition) is 1. The molecule has 0 aliphatic rings. The first-order chi connectivity index (χ1) is 14.3. The molecule has 0 aliphatic heterocycles. The largest absolute Gasteiger partial charge is 0.322 e. The summed E-state index contributed by atoms with van der Waals surface area (Å²) >= 11 is 6.63. The van der Waals surface area contributed by atoms with E-state index in [4.69, 9.17) is 11.6 Å². The Hall–Kier alpha value is -3.25. The van der Waals surface area contributed by atoms with Crippen LogP contribution in [0.5, 0.6) is 0 Å². The Morgan fingerprint density at radius 3 is 2.50 bits per heavy atom. The van der Waals surface area contributed by atoms with Gasteiger partial charge in [-0.1, -0.05) is 29.3 Å². The van der Waals surface area contributed by atoms with Crippen LogP contribution in [-0.4, -0.2) is 25.7 Å². The number of rotatable bonds is 4. The Morgan fingerprint density at radius 2 is 1.80 bits per heavy atom. The van der Waals surface area contributed by atoms with Crippen molar-refractivity contribution in [2.24, 2.45) is 0 Å². The zero-order valence-electron chi connectivity index (χ0n) is 17.3. The molecule has 0 radical (unpaired) electrons. The second-order valence-corrected chi connectivity index (χ2v) is 7.90. The lowest BCUT2D eigenvalue weighted by Crippen LogP contribution is -2.13. The molecule has 1 N–H and O–H groups in total. The van der Waals surface area contributed by atoms with Gasteiger partial charge in [0, 0.05) is 17.6 Å². The van der Waals surface area contributed by atoms with Gasteiger partial charge in [0.05, 0.1) is 33.9 Å². The van der Waals surface area contributed by atoms with Gasteiger partial charge in [-0.25, -0.2) is 9.67 Å². The number of hydrogen-bond acceptors (Lipinski definition) is 4. The molecule has 0 bridgehead atoms. The molecule has 0 saturated carbocycles. The number of benzene rings is 1. The van der Waals surface area contributed by atoms with Crippen molar-refractivity contribution in [3.8, 4) is 0 Å². The van der Waals surface area contributed by atoms with Crippen LogP contribution >= 0.6 is 11.6 Å². The number of halogens is 1. The lowest BCUT2D eigenvalue weighted by Gasteiger charge is -2.09. The second kappa shape index (κ2) is 7.88. The number of aromatic nitrogens is 4. The van der Waals surface area contributed by atoms with Crippen LogP contribution in [0, 0.1) is 27.7 Å². The van der Waals surface area contributed by atoms with Crippen LogP contribution in [0.3, 0.4) is 0 Å². The smallest absolute Gasteiger partial charge is 0.258 e. The fourth-order valence-electron chi connectivity index (χ4n) is 3.54. The Morgan fingerprint density at radius 1 is 1.07 bits per heavy atom. The highest BCUT2D eigenvalue weighted by Gasteiger charge is 2.20. The highest BCUT2D eigenvalue weighted by Crippen LogP contribution is 2.29. The third-order valence-corrected chi connectivity index (χ3v) is 5.28. The number of carbonyl (C=O) groups is 1. The minimum atomic E-state index is -0.304. The van der Waals surface area contributed by atoms with E-state index < -0.39 is 0 Å². The van der Waals surface area contributed by atoms with Crippen molar-refractivity contribution in [3.05, 3.63) is 81.4 Å². The molecule has 30 heavy (non-hydrogen) atoms. The average molecular weight is 420 g/mol. The van der Waals surface area contributed by atoms with Crippen LogP contribution in [0.25, 0.3) is 11.0 Å². The molecule has 0 atom stereocenters. The molecule has 1 amide bonds. The fourth-order valence-corrected chi connectivity index (χ4v) is 3.89. The number of aryl methyl sites for hydroxylation is 4. The molecule has 0 saturated heterocycles. The Bertz CT molecular complexity index is 1240. The molecule has 1 aromatic carbocycles. The monoisotopic (exact) mass is 419 g/mol. The number of carbonyl (C=O) groups excluding carboxylic acids is 1. The normalized spacial score (nSPS) is 11.1. The van der Waals surface area contributed by atoms with Crippen LogP contribution in [0.15, 0.2) is 42.6 Å². The lowest BCUT2D eigenvalue weighted by atomic mass is 10.1. The molecule has 0 aliphatic carbocycles. The molecule has 6 nitrogen and oxygen atoms in total. The van der Waals surface area contributed by atoms with Gasteiger partial charge in [0.2, 0.25) is 0 Å². The molecule has 7 heteroatoms. The second-order valence-electron chi connectivity index (χ2n) is 7.52. The number of anilines is 1. The summed E-state index contributed by atoms with van der Waals surface area (Å²) < 4.78 is 1.78. The fraction of sp³-hybridized carbons (Fsp3) is 0.217. The number of amides is 1. The van der Waals surface area contributed by atoms with Crippen LogP contribution in [0.4, 0.5) is 5.69 Å². The molecule has 0 unspecified atom stereocenters. The third-order valence-electron chi connectivity index (χ3n) is 4.89. The van der Waals surface area contributed by atoms with Crippen molar-refractivity contribution in [3.63, 3.8) is 0 Å². The predicted molar refractivity (Wildman–Crippen MR) is 119 cm³/mol. The zero-order chi connectivity index (χ0) is 21.4. The molecular weight excluding hydrogens is 398 g/mol. The van der Waals surface area contributed by atoms with Gasteiger partial charge in [0.15, 0.2) is 5.65 Å². The van der Waals surface area contributed by atoms with Crippen LogP contribution < -0.4 is 5.32 Å². The van der Waals surface area contributed by atoms with Gasteiger partial charge in [0.25, 0.3) is 5.91 Å². The molecule has 3 heterocycles. The van der Waals surface area contributed by atoms with Gasteiger partial charge in [-0.15, -0.1) is 0 Å². The molecule has 4 aromatic rings. The van der Waals surface area contributed by atoms with Gasteiger partial charge < -0.3 is 5.32 Å². The Balaban J connectivity index is 1.68. The van der Waals surface area contributed by atoms with Gasteiger partial charge in [-0.3, -0.25) is 9.78 Å². The van der Waals surface area contributed by atoms with Gasteiger partial charge in [0.1, 0.15) is 0 Å². The quantitative estimate of drug-likeness (QED) is 0.504. The molecular formula is C23H22ClN5O. The maximum Gasteiger partial charge on any atom is 0.258 e. The van der Waals surface area contributed by atoms with Crippen LogP contribution in [-0.2, 0) is 6.54 Å². The van der Waals surface area contributed by atoms with E-state index in [-0.39, 0.29) is 5.91 Å². The minimum Gasteiger partial charge on any atom is -0.322 e. The summed E-state index contributed by atoms with van der Waals surface area (Å²) in [5, 5.41) is 8.49. The van der Waals surface area contributed by atoms with E-state index in [1.54, 1.807) is 4.68 Å². The molecule has 0 spiro atoms. The van der Waals surface area contributed by atoms with E-state index in [0.29, 0.717) is 33.9 Å². The van der Waals surface area contributed by atoms with Crippen molar-refractivity contribution >= 4 is 34.2 Å². The Labute approximate surface area is 179 Å². The Kier molecular flexibility index (Phi) is 5.26. The third kappa shape index (κ3) is 3.91. The molecule has 152 valence electrons. The standard InChI is InChI=1S/C23H22ClN5O/c1-13-5-7-17(8-6-13)27-23(30)19-11-25-22-20(21(19)24)16(4)28-29(22)12-18-10-14(2)9-15(3)26-18/h5-11H,12H2,1-4H3,(H,27,30). The van der Waals surface area contributed by atoms with E-state index in [2.05, 4.69) is 20.4 Å². The van der Waals surface area contributed by atoms with E-state index in [9.17, 15) is 4.79 Å². The average Bonchev–Trinajstić information content (AvgIpc) is 2.99. The van der Waals surface area contributed by atoms with Crippen molar-refractivity contribution in [2.45, 2.75) is 34.2 Å². The summed E-state index contributed by atoms with van der Waals surface area (Å²) in [7, 11) is 0. The van der Waals surface area contributed by atoms with Crippen molar-refractivity contribution in [2.75, 3.05) is 5.32 Å². The van der Waals surface area contributed by atoms with E-state index >= 15 is 0 Å². The van der Waals surface area contributed by atoms with Crippen molar-refractivity contribution in [1.29, 1.82) is 0 Å². The number of nitrogens with zero attached hydrogens (tertiary/aromatic N) is 4. The van der Waals surface area contributed by atoms with Gasteiger partial charge in [-0.05, 0) is 57.5 Å². The maximum absolute atomic E-state index is 12.8. The highest BCUT2D eigenvalue weighted by atomic mass is 35.5. The number of nitrogens with one attached hydrogen (secondary N) is 1. The highest BCUT2D eigenvalue weighted by molar-refractivity contribution is 6.39. The molecule has 3 aromatic heterocycles. The number of fused-ring (bicyclic) bond motifs is 1. The minimum absolute atomic E-state index is 0.304. The summed E-state index contributed by atoms with van der Waals surface area (Å²) in [5.41, 5.74) is 6.49. The summed E-state index contributed by atoms with van der Waals surface area (Å²) in [6.07, 6.45) is 1.50. The van der Waals surface area contributed by atoms with Gasteiger partial charge >= 0.3 is 0 Å². The topological polar surface area (TPSA) is 72.7 Å². The summed E-state index contributed by atoms with van der Waals surface area (Å²) in [5.74, 6) is -0.304. The first-order valence-corrected chi connectivity index (χ1v) is 10.0.